The fraction of sp³-hybridized carbons (Fsp3) is 0. The zero-order valence-corrected chi connectivity index (χ0v) is 6.87. The molecule has 0 aromatic rings. The van der Waals surface area contributed by atoms with Crippen molar-refractivity contribution in [3.63, 3.8) is 0 Å². The first kappa shape index (κ1) is 16.4. The molecule has 0 aliphatic heterocycles. The van der Waals surface area contributed by atoms with Crippen LogP contribution in [0.3, 0.4) is 0 Å². The van der Waals surface area contributed by atoms with E-state index in [0.29, 0.717) is 0 Å². The van der Waals surface area contributed by atoms with Crippen molar-refractivity contribution < 1.29 is 0 Å². The summed E-state index contributed by atoms with van der Waals surface area (Å²) in [6.45, 7) is 0. The van der Waals surface area contributed by atoms with Crippen LogP contribution in [0.4, 0.5) is 0 Å². The zero-order chi connectivity index (χ0) is 2.00. The quantitative estimate of drug-likeness (QED) is 0.376. The summed E-state index contributed by atoms with van der Waals surface area (Å²) in [5.41, 5.74) is 0. The summed E-state index contributed by atoms with van der Waals surface area (Å²) in [5.74, 6) is 0. The van der Waals surface area contributed by atoms with Crippen LogP contribution in [-0.2, 0) is 0 Å². The third kappa shape index (κ3) is 8.90. The molecule has 0 bridgehead atoms. The summed E-state index contributed by atoms with van der Waals surface area (Å²) in [5, 5.41) is 0. The van der Waals surface area contributed by atoms with Crippen molar-refractivity contribution in [2.45, 2.75) is 0 Å². The van der Waals surface area contributed by atoms with Crippen molar-refractivity contribution in [2.24, 2.45) is 0 Å². The van der Waals surface area contributed by atoms with Crippen molar-refractivity contribution >= 4 is 66.3 Å². The molecule has 0 heterocycles. The molecule has 0 aromatic heterocycles. The molecule has 0 nitrogen and oxygen atoms in total. The van der Waals surface area contributed by atoms with Crippen LogP contribution in [0.1, 0.15) is 0 Å². The number of rotatable bonds is 0. The Morgan fingerprint density at radius 1 is 1.25 bits per heavy atom. The minimum absolute atomic E-state index is 0. The van der Waals surface area contributed by atoms with Crippen LogP contribution >= 0.6 is 0 Å². The van der Waals surface area contributed by atoms with Gasteiger partial charge in [-0.2, -0.15) is 0 Å². The molecular formula is H10GeLiSbSi. The Kier molecular flexibility index (Phi) is 78.2. The molecule has 0 N–H and O–H groups in total. The van der Waals surface area contributed by atoms with Gasteiger partial charge in [0, 0.05) is 0 Å². The molecule has 0 aromatic carbocycles. The van der Waals surface area contributed by atoms with E-state index >= 15 is 0 Å². The Balaban J connectivity index is -0.00000000500. The van der Waals surface area contributed by atoms with Crippen LogP contribution < -0.4 is 0 Å². The first-order valence-electron chi connectivity index (χ1n) is 0.577. The van der Waals surface area contributed by atoms with Gasteiger partial charge in [-0.05, 0) is 0 Å². The first-order chi connectivity index (χ1) is 1.00. The predicted octanol–water partition coefficient (Wildman–Crippen LogP) is -4.20. The zero-order valence-electron chi connectivity index (χ0n) is 1.58. The van der Waals surface area contributed by atoms with Gasteiger partial charge >= 0.3 is 66.3 Å². The van der Waals surface area contributed by atoms with E-state index in [-0.39, 0.29) is 36.5 Å². The van der Waals surface area contributed by atoms with Crippen LogP contribution in [0.25, 0.3) is 0 Å². The molecule has 4 heteroatoms. The van der Waals surface area contributed by atoms with Crippen molar-refractivity contribution in [2.75, 3.05) is 0 Å². The van der Waals surface area contributed by atoms with E-state index in [1.807, 2.05) is 0 Å². The molecule has 0 unspecified atom stereocenters. The average Bonchev–Trinajstić information content (AvgIpc) is 1.00. The molecule has 0 fully saturated rings. The summed E-state index contributed by atoms with van der Waals surface area (Å²) in [7, 11) is 1.44. The summed E-state index contributed by atoms with van der Waals surface area (Å²) in [6, 6.07) is 0. The van der Waals surface area contributed by atoms with E-state index in [0.717, 1.165) is 0 Å². The standard InChI is InChI=1S/GeH4.Li.Sb.H3Si.3H/h1H4;;;1H3;;;. The van der Waals surface area contributed by atoms with Gasteiger partial charge in [0.25, 0.3) is 0 Å². The fourth-order valence-corrected chi connectivity index (χ4v) is 0. The summed E-state index contributed by atoms with van der Waals surface area (Å²) < 4.78 is 0. The van der Waals surface area contributed by atoms with Gasteiger partial charge < -0.3 is 0 Å². The van der Waals surface area contributed by atoms with Crippen molar-refractivity contribution in [1.29, 1.82) is 0 Å². The second-order valence-electron chi connectivity index (χ2n) is 0. The Labute approximate surface area is 65.6 Å². The Morgan fingerprint density at radius 2 is 1.25 bits per heavy atom. The minimum atomic E-state index is 0. The first-order valence-corrected chi connectivity index (χ1v) is 11.6. The molecular weight excluding hydrogens is 229 g/mol. The van der Waals surface area contributed by atoms with E-state index in [9.17, 15) is 0 Å². The molecule has 0 saturated heterocycles. The molecule has 0 rings (SSSR count). The van der Waals surface area contributed by atoms with Gasteiger partial charge in [-0.15, -0.1) is 0 Å². The molecule has 0 aliphatic rings. The van der Waals surface area contributed by atoms with Crippen molar-refractivity contribution in [3.05, 3.63) is 0 Å². The molecule has 0 spiro atoms. The summed E-state index contributed by atoms with van der Waals surface area (Å²) in [4.78, 5) is 0. The Bertz CT molecular complexity index is 8.00. The van der Waals surface area contributed by atoms with Crippen LogP contribution in [0, 0.1) is 0 Å². The van der Waals surface area contributed by atoms with Crippen LogP contribution in [0.5, 0.6) is 0 Å². The monoisotopic (exact) mass is 240 g/mol. The van der Waals surface area contributed by atoms with Crippen LogP contribution in [0.2, 0.25) is 0 Å². The SMILES string of the molecule is [GeH4].[LiH].[SiH3][SbH2]. The second-order valence-corrected chi connectivity index (χ2v) is 0. The van der Waals surface area contributed by atoms with Gasteiger partial charge in [0.1, 0.15) is 0 Å². The number of hydrogen-bond acceptors (Lipinski definition) is 0. The topological polar surface area (TPSA) is 0 Å². The van der Waals surface area contributed by atoms with Gasteiger partial charge in [-0.1, -0.05) is 0 Å². The molecule has 0 aliphatic carbocycles. The second kappa shape index (κ2) is 19.1. The maximum atomic E-state index is 1.49. The molecule has 0 amide bonds. The Hall–Kier alpha value is 2.18. The molecule has 0 atom stereocenters. The van der Waals surface area contributed by atoms with Gasteiger partial charge in [0.05, 0.1) is 0 Å². The van der Waals surface area contributed by atoms with E-state index in [4.69, 9.17) is 0 Å². The Morgan fingerprint density at radius 3 is 1.25 bits per heavy atom. The van der Waals surface area contributed by atoms with Gasteiger partial charge in [-0.3, -0.25) is 0 Å². The van der Waals surface area contributed by atoms with E-state index in [1.54, 1.807) is 0 Å². The van der Waals surface area contributed by atoms with Crippen LogP contribution in [0.15, 0.2) is 0 Å². The van der Waals surface area contributed by atoms with Crippen molar-refractivity contribution in [3.8, 4) is 0 Å². The van der Waals surface area contributed by atoms with Gasteiger partial charge in [0.15, 0.2) is 0 Å². The molecule has 0 radical (unpaired) electrons. The normalized spacial score (nSPS) is 2.25. The molecule has 0 saturated carbocycles. The van der Waals surface area contributed by atoms with E-state index in [2.05, 4.69) is 0 Å². The summed E-state index contributed by atoms with van der Waals surface area (Å²) >= 11 is 1.49. The third-order valence-corrected chi connectivity index (χ3v) is 0. The van der Waals surface area contributed by atoms with Gasteiger partial charge in [-0.25, -0.2) is 0 Å². The van der Waals surface area contributed by atoms with Gasteiger partial charge in [0.2, 0.25) is 0 Å². The molecule has 24 valence electrons. The average molecular weight is 239 g/mol. The predicted molar refractivity (Wildman–Crippen MR) is 37.0 cm³/mol. The van der Waals surface area contributed by atoms with Crippen LogP contribution in [-0.4, -0.2) is 66.3 Å². The van der Waals surface area contributed by atoms with E-state index in [1.165, 1.54) is 29.9 Å². The number of hydrogen-bond donors (Lipinski definition) is 0. The molecule has 4 heavy (non-hydrogen) atoms. The summed E-state index contributed by atoms with van der Waals surface area (Å²) in [6.07, 6.45) is 0. The maximum absolute atomic E-state index is 1.49. The fourth-order valence-electron chi connectivity index (χ4n) is 0. The van der Waals surface area contributed by atoms with E-state index < -0.39 is 0 Å². The van der Waals surface area contributed by atoms with Crippen molar-refractivity contribution in [1.82, 2.24) is 0 Å². The third-order valence-electron chi connectivity index (χ3n) is 0.